The fourth-order valence-electron chi connectivity index (χ4n) is 7.50. The van der Waals surface area contributed by atoms with Crippen LogP contribution in [0.3, 0.4) is 0 Å². The molecule has 1 saturated heterocycles. The highest BCUT2D eigenvalue weighted by Crippen LogP contribution is 2.61. The smallest absolute Gasteiger partial charge is 0.240 e. The predicted molar refractivity (Wildman–Crippen MR) is 148 cm³/mol. The molecule has 1 unspecified atom stereocenters. The number of carbonyl (C=O) groups is 1. The van der Waals surface area contributed by atoms with Crippen LogP contribution < -0.4 is 10.1 Å². The second-order valence-electron chi connectivity index (χ2n) is 12.3. The molecule has 1 heterocycles. The van der Waals surface area contributed by atoms with E-state index >= 15 is 0 Å². The summed E-state index contributed by atoms with van der Waals surface area (Å²) in [5.74, 6) is 1.53. The summed E-state index contributed by atoms with van der Waals surface area (Å²) >= 11 is 0. The van der Waals surface area contributed by atoms with Gasteiger partial charge in [-0.05, 0) is 60.6 Å². The minimum Gasteiger partial charge on any atom is -0.508 e. The van der Waals surface area contributed by atoms with Crippen LogP contribution in [0.2, 0.25) is 0 Å². The number of hydrogen-bond donors (Lipinski definition) is 4. The summed E-state index contributed by atoms with van der Waals surface area (Å²) in [5.41, 5.74) is 2.70. The molecule has 1 aliphatic heterocycles. The van der Waals surface area contributed by atoms with Crippen molar-refractivity contribution in [2.24, 2.45) is 29.1 Å². The van der Waals surface area contributed by atoms with E-state index in [-0.39, 0.29) is 30.9 Å². The first kappa shape index (κ1) is 27.9. The first-order valence-electron chi connectivity index (χ1n) is 14.0. The number of benzene rings is 2. The Morgan fingerprint density at radius 2 is 1.97 bits per heavy atom. The molecule has 8 nitrogen and oxygen atoms in total. The molecule has 39 heavy (non-hydrogen) atoms. The highest BCUT2D eigenvalue weighted by Gasteiger charge is 2.57. The number of fused-ring (bicyclic) bond motifs is 2. The van der Waals surface area contributed by atoms with Gasteiger partial charge in [-0.3, -0.25) is 9.63 Å². The van der Waals surface area contributed by atoms with E-state index in [0.717, 1.165) is 23.1 Å². The Bertz CT molecular complexity index is 1200. The second-order valence-corrected chi connectivity index (χ2v) is 12.3. The summed E-state index contributed by atoms with van der Waals surface area (Å²) < 4.78 is 5.81. The van der Waals surface area contributed by atoms with Crippen LogP contribution in [0.5, 0.6) is 11.5 Å². The van der Waals surface area contributed by atoms with Crippen molar-refractivity contribution in [1.29, 1.82) is 0 Å². The quantitative estimate of drug-likeness (QED) is 0.405. The summed E-state index contributed by atoms with van der Waals surface area (Å²) in [4.78, 5) is 20.0. The molecule has 3 aliphatic carbocycles. The van der Waals surface area contributed by atoms with Gasteiger partial charge in [0.05, 0.1) is 26.4 Å². The van der Waals surface area contributed by atoms with Crippen molar-refractivity contribution in [3.05, 3.63) is 48.0 Å². The Morgan fingerprint density at radius 1 is 1.23 bits per heavy atom. The topological polar surface area (TPSA) is 111 Å². The lowest BCUT2D eigenvalue weighted by Crippen LogP contribution is -2.62. The van der Waals surface area contributed by atoms with Crippen LogP contribution in [-0.2, 0) is 16.2 Å². The number of aliphatic hydroxyl groups excluding tert-OH is 2. The third kappa shape index (κ3) is 4.92. The summed E-state index contributed by atoms with van der Waals surface area (Å²) in [6.45, 7) is 8.45. The lowest BCUT2D eigenvalue weighted by Gasteiger charge is -2.62. The molecule has 2 aromatic rings. The molecule has 4 aliphatic rings. The van der Waals surface area contributed by atoms with Crippen molar-refractivity contribution in [2.45, 2.75) is 71.4 Å². The van der Waals surface area contributed by atoms with E-state index in [1.54, 1.807) is 37.3 Å². The second kappa shape index (κ2) is 10.7. The lowest BCUT2D eigenvalue weighted by molar-refractivity contribution is -0.183. The number of para-hydroxylation sites is 1. The molecule has 0 spiro atoms. The number of hydrogen-bond acceptors (Lipinski definition) is 7. The number of ether oxygens (including phenoxy) is 1. The number of phenols is 1. The van der Waals surface area contributed by atoms with E-state index in [1.807, 2.05) is 24.3 Å². The highest BCUT2D eigenvalue weighted by atomic mass is 16.7. The molecule has 1 amide bonds. The van der Waals surface area contributed by atoms with Crippen LogP contribution in [0.4, 0.5) is 0 Å². The van der Waals surface area contributed by atoms with Gasteiger partial charge in [-0.1, -0.05) is 51.1 Å². The fraction of sp³-hybridized carbons (Fsp3) is 0.581. The van der Waals surface area contributed by atoms with Gasteiger partial charge >= 0.3 is 0 Å². The van der Waals surface area contributed by atoms with Crippen LogP contribution in [-0.4, -0.2) is 64.3 Å². The minimum atomic E-state index is -0.862. The maximum Gasteiger partial charge on any atom is 0.240 e. The first-order valence-corrected chi connectivity index (χ1v) is 14.0. The van der Waals surface area contributed by atoms with Crippen molar-refractivity contribution in [3.8, 4) is 22.6 Å². The number of nitrogens with zero attached hydrogens (tertiary/aromatic N) is 1. The van der Waals surface area contributed by atoms with Gasteiger partial charge in [-0.15, -0.1) is 0 Å². The number of aliphatic hydroxyl groups is 2. The summed E-state index contributed by atoms with van der Waals surface area (Å²) in [5, 5.41) is 35.7. The number of rotatable bonds is 8. The van der Waals surface area contributed by atoms with Crippen molar-refractivity contribution in [2.75, 3.05) is 13.7 Å². The standard InChI is InChI=1S/C31H42N2O6/c1-17-24-13-21(31(24,3)4)14-25(17)32-30(37)28-27(18(2)35)26(16-34)39-33(28)15-20-9-7-11-23(29(20)38-5)19-8-6-10-22(36)12-19/h6-12,17-18,21,24-28,34-36H,13-16H2,1-5H3,(H,32,37)/t17-,18-,21+,24-,25-,26-,27+,28?/m0/s1. The number of amides is 1. The summed E-state index contributed by atoms with van der Waals surface area (Å²) in [6, 6.07) is 12.0. The molecule has 4 fully saturated rings. The molecule has 3 saturated carbocycles. The maximum absolute atomic E-state index is 13.9. The Kier molecular flexibility index (Phi) is 7.68. The number of methoxy groups -OCH3 is 1. The number of phenolic OH excluding ortho intramolecular Hbond substituents is 1. The average Bonchev–Trinajstić information content (AvgIpc) is 3.28. The van der Waals surface area contributed by atoms with Gasteiger partial charge in [0.1, 0.15) is 23.6 Å². The van der Waals surface area contributed by atoms with Crippen molar-refractivity contribution in [1.82, 2.24) is 10.4 Å². The normalized spacial score (nSPS) is 32.3. The number of aromatic hydroxyl groups is 1. The zero-order chi connectivity index (χ0) is 28.1. The molecular formula is C31H42N2O6. The Hall–Kier alpha value is -2.65. The van der Waals surface area contributed by atoms with E-state index in [2.05, 4.69) is 26.1 Å². The lowest BCUT2D eigenvalue weighted by atomic mass is 9.45. The van der Waals surface area contributed by atoms with Crippen LogP contribution in [0.1, 0.15) is 46.1 Å². The molecule has 4 N–H and O–H groups in total. The van der Waals surface area contributed by atoms with Gasteiger partial charge < -0.3 is 25.4 Å². The Morgan fingerprint density at radius 3 is 2.59 bits per heavy atom. The largest absolute Gasteiger partial charge is 0.508 e. The van der Waals surface area contributed by atoms with Crippen LogP contribution in [0, 0.1) is 29.1 Å². The van der Waals surface area contributed by atoms with Crippen LogP contribution in [0.15, 0.2) is 42.5 Å². The SMILES string of the molecule is COc1c(CN2O[C@@H](CO)[C@@H]([C@H](C)O)C2C(=O)N[C@H]2C[C@H]3C[C@@H]([C@@H]2C)C3(C)C)cccc1-c1cccc(O)c1. The fourth-order valence-corrected chi connectivity index (χ4v) is 7.50. The molecule has 8 atom stereocenters. The van der Waals surface area contributed by atoms with E-state index in [4.69, 9.17) is 9.57 Å². The first-order chi connectivity index (χ1) is 18.6. The number of nitrogens with one attached hydrogen (secondary N) is 1. The maximum atomic E-state index is 13.9. The van der Waals surface area contributed by atoms with E-state index in [9.17, 15) is 20.1 Å². The van der Waals surface area contributed by atoms with Gasteiger partial charge in [-0.25, -0.2) is 0 Å². The third-order valence-corrected chi connectivity index (χ3v) is 9.85. The minimum absolute atomic E-state index is 0.0718. The van der Waals surface area contributed by atoms with Gasteiger partial charge in [-0.2, -0.15) is 5.06 Å². The van der Waals surface area contributed by atoms with Crippen LogP contribution >= 0.6 is 0 Å². The molecule has 2 bridgehead atoms. The van der Waals surface area contributed by atoms with Gasteiger partial charge in [0, 0.05) is 23.1 Å². The van der Waals surface area contributed by atoms with E-state index in [1.165, 1.54) is 6.42 Å². The van der Waals surface area contributed by atoms with Crippen molar-refractivity contribution in [3.63, 3.8) is 0 Å². The van der Waals surface area contributed by atoms with Crippen LogP contribution in [0.25, 0.3) is 11.1 Å². The Labute approximate surface area is 230 Å². The van der Waals surface area contributed by atoms with Gasteiger partial charge in [0.15, 0.2) is 0 Å². The van der Waals surface area contributed by atoms with E-state index < -0.39 is 24.2 Å². The average molecular weight is 539 g/mol. The predicted octanol–water partition coefficient (Wildman–Crippen LogP) is 3.73. The molecule has 212 valence electrons. The van der Waals surface area contributed by atoms with E-state index in [0.29, 0.717) is 28.9 Å². The monoisotopic (exact) mass is 538 g/mol. The molecule has 6 rings (SSSR count). The van der Waals surface area contributed by atoms with Crippen molar-refractivity contribution < 1.29 is 29.7 Å². The Balaban J connectivity index is 1.42. The zero-order valence-electron chi connectivity index (χ0n) is 23.5. The number of hydroxylamine groups is 2. The third-order valence-electron chi connectivity index (χ3n) is 9.85. The summed E-state index contributed by atoms with van der Waals surface area (Å²) in [7, 11) is 1.59. The molecular weight excluding hydrogens is 496 g/mol. The van der Waals surface area contributed by atoms with Crippen molar-refractivity contribution >= 4 is 5.91 Å². The van der Waals surface area contributed by atoms with Gasteiger partial charge in [0.2, 0.25) is 5.91 Å². The zero-order valence-corrected chi connectivity index (χ0v) is 23.5. The van der Waals surface area contributed by atoms with Gasteiger partial charge in [0.25, 0.3) is 0 Å². The molecule has 2 aromatic carbocycles. The molecule has 8 heteroatoms. The number of carbonyl (C=O) groups excluding carboxylic acids is 1. The molecule has 0 aromatic heterocycles. The summed E-state index contributed by atoms with van der Waals surface area (Å²) in [6.07, 6.45) is 0.598. The molecule has 0 radical (unpaired) electrons. The highest BCUT2D eigenvalue weighted by molar-refractivity contribution is 5.83.